The molecule has 1 rings (SSSR count). The highest BCUT2D eigenvalue weighted by Crippen LogP contribution is 2.18. The van der Waals surface area contributed by atoms with Crippen molar-refractivity contribution in [1.82, 2.24) is 0 Å². The van der Waals surface area contributed by atoms with Gasteiger partial charge in [-0.2, -0.15) is 13.2 Å². The number of unbranched alkanes of at least 4 members (excludes halogenated alkanes) is 2. The fourth-order valence-corrected chi connectivity index (χ4v) is 3.11. The molecule has 0 N–H and O–H groups in total. The molecule has 32 heavy (non-hydrogen) atoms. The predicted octanol–water partition coefficient (Wildman–Crippen LogP) is 4.27. The molecule has 9 heteroatoms. The first kappa shape index (κ1) is 30.1. The average molecular weight is 468 g/mol. The Kier molecular flexibility index (Phi) is 14.9. The van der Waals surface area contributed by atoms with Crippen molar-refractivity contribution >= 4 is 5.97 Å². The van der Waals surface area contributed by atoms with Crippen LogP contribution in [0.1, 0.15) is 52.0 Å². The van der Waals surface area contributed by atoms with Gasteiger partial charge in [0.1, 0.15) is 5.97 Å². The third-order valence-corrected chi connectivity index (χ3v) is 5.44. The van der Waals surface area contributed by atoms with Crippen LogP contribution in [0.15, 0.2) is 18.2 Å². The summed E-state index contributed by atoms with van der Waals surface area (Å²) < 4.78 is 57.6. The van der Waals surface area contributed by atoms with E-state index in [0.717, 1.165) is 38.0 Å². The zero-order chi connectivity index (χ0) is 24.6. The normalized spacial score (nSPS) is 11.6. The van der Waals surface area contributed by atoms with E-state index >= 15 is 0 Å². The molecule has 0 amide bonds. The number of carbonyl (C=O) groups is 1. The molecule has 5 nitrogen and oxygen atoms in total. The standard InChI is InChI=1S/C21H37FNO2.C2HF3O2/c1-5-23(6-2,7-3)14-8-9-15-24-16-10-11-17-25-21-13-12-19(4)18-20(21)22;3-2(4,5)1(6)7/h12-13,18H,5-11,14-17H2,1-4H3;(H,6,7)/q+1;/p-1. The van der Waals surface area contributed by atoms with Crippen molar-refractivity contribution in [2.75, 3.05) is 46.0 Å². The number of hydrogen-bond acceptors (Lipinski definition) is 4. The maximum absolute atomic E-state index is 13.6. The number of aryl methyl sites for hydroxylation is 1. The van der Waals surface area contributed by atoms with E-state index in [1.807, 2.05) is 13.0 Å². The van der Waals surface area contributed by atoms with E-state index in [1.54, 1.807) is 6.07 Å². The minimum Gasteiger partial charge on any atom is -0.542 e. The molecule has 0 aliphatic carbocycles. The molecule has 0 bridgehead atoms. The van der Waals surface area contributed by atoms with Gasteiger partial charge in [-0.3, -0.25) is 0 Å². The summed E-state index contributed by atoms with van der Waals surface area (Å²) in [7, 11) is 0. The number of benzene rings is 1. The Bertz CT molecular complexity index is 641. The van der Waals surface area contributed by atoms with Gasteiger partial charge in [-0.05, 0) is 71.1 Å². The van der Waals surface area contributed by atoms with Crippen LogP contribution in [0.25, 0.3) is 0 Å². The predicted molar refractivity (Wildman–Crippen MR) is 114 cm³/mol. The molecule has 0 aliphatic rings. The molecule has 0 aliphatic heterocycles. The Labute approximate surface area is 188 Å². The smallest absolute Gasteiger partial charge is 0.430 e. The van der Waals surface area contributed by atoms with Crippen molar-refractivity contribution in [2.45, 2.75) is 59.6 Å². The second kappa shape index (κ2) is 15.9. The molecule has 0 radical (unpaired) electrons. The van der Waals surface area contributed by atoms with E-state index < -0.39 is 12.1 Å². The van der Waals surface area contributed by atoms with E-state index in [-0.39, 0.29) is 5.82 Å². The Morgan fingerprint density at radius 1 is 0.969 bits per heavy atom. The molecule has 0 fully saturated rings. The van der Waals surface area contributed by atoms with Crippen molar-refractivity contribution in [2.24, 2.45) is 0 Å². The topological polar surface area (TPSA) is 58.6 Å². The van der Waals surface area contributed by atoms with Crippen LogP contribution in [0.4, 0.5) is 17.6 Å². The van der Waals surface area contributed by atoms with E-state index in [1.165, 1.54) is 43.1 Å². The molecular formula is C23H37F4NO4. The highest BCUT2D eigenvalue weighted by atomic mass is 19.4. The van der Waals surface area contributed by atoms with E-state index in [0.29, 0.717) is 12.4 Å². The summed E-state index contributed by atoms with van der Waals surface area (Å²) in [5.74, 6) is -2.94. The van der Waals surface area contributed by atoms with Crippen LogP contribution in [-0.4, -0.2) is 62.6 Å². The number of halogens is 4. The van der Waals surface area contributed by atoms with Crippen molar-refractivity contribution < 1.29 is 41.4 Å². The van der Waals surface area contributed by atoms with Crippen LogP contribution >= 0.6 is 0 Å². The van der Waals surface area contributed by atoms with Crippen LogP contribution in [0, 0.1) is 12.7 Å². The van der Waals surface area contributed by atoms with Gasteiger partial charge >= 0.3 is 6.18 Å². The Morgan fingerprint density at radius 3 is 1.94 bits per heavy atom. The van der Waals surface area contributed by atoms with Gasteiger partial charge in [0, 0.05) is 13.2 Å². The van der Waals surface area contributed by atoms with Gasteiger partial charge in [-0.25, -0.2) is 4.39 Å². The minimum atomic E-state index is -5.19. The summed E-state index contributed by atoms with van der Waals surface area (Å²) >= 11 is 0. The summed E-state index contributed by atoms with van der Waals surface area (Å²) in [5.41, 5.74) is 0.908. The summed E-state index contributed by atoms with van der Waals surface area (Å²) in [6.07, 6.45) is -1.00. The first-order valence-electron chi connectivity index (χ1n) is 11.1. The molecule has 0 unspecified atom stereocenters. The van der Waals surface area contributed by atoms with Gasteiger partial charge in [0.05, 0.1) is 32.8 Å². The molecule has 1 aromatic rings. The van der Waals surface area contributed by atoms with Crippen LogP contribution in [0.3, 0.4) is 0 Å². The lowest BCUT2D eigenvalue weighted by Crippen LogP contribution is -2.48. The lowest BCUT2D eigenvalue weighted by molar-refractivity contribution is -0.923. The largest absolute Gasteiger partial charge is 0.542 e. The lowest BCUT2D eigenvalue weighted by Gasteiger charge is -2.35. The van der Waals surface area contributed by atoms with Gasteiger partial charge < -0.3 is 23.9 Å². The number of nitrogens with zero attached hydrogens (tertiary/aromatic N) is 1. The lowest BCUT2D eigenvalue weighted by atomic mass is 10.2. The summed E-state index contributed by atoms with van der Waals surface area (Å²) in [6, 6.07) is 5.06. The van der Waals surface area contributed by atoms with Crippen molar-refractivity contribution in [3.63, 3.8) is 0 Å². The number of carboxylic acid groups (broad SMARTS) is 1. The van der Waals surface area contributed by atoms with E-state index in [9.17, 15) is 17.6 Å². The fourth-order valence-electron chi connectivity index (χ4n) is 3.11. The van der Waals surface area contributed by atoms with Crippen LogP contribution < -0.4 is 9.84 Å². The maximum atomic E-state index is 13.6. The number of quaternary nitrogens is 1. The minimum absolute atomic E-state index is 0.281. The summed E-state index contributed by atoms with van der Waals surface area (Å²) in [4.78, 5) is 8.78. The Hall–Kier alpha value is -1.87. The fraction of sp³-hybridized carbons (Fsp3) is 0.696. The number of aliphatic carboxylic acids is 1. The highest BCUT2D eigenvalue weighted by Gasteiger charge is 2.28. The number of carbonyl (C=O) groups excluding carboxylic acids is 1. The number of alkyl halides is 3. The maximum Gasteiger partial charge on any atom is 0.430 e. The molecule has 186 valence electrons. The molecule has 0 aromatic heterocycles. The number of rotatable bonds is 14. The molecule has 0 saturated carbocycles. The number of carboxylic acids is 1. The molecular weight excluding hydrogens is 430 g/mol. The Balaban J connectivity index is 0.00000118. The van der Waals surface area contributed by atoms with Gasteiger partial charge in [-0.15, -0.1) is 0 Å². The van der Waals surface area contributed by atoms with Crippen molar-refractivity contribution in [3.8, 4) is 5.75 Å². The number of hydrogen-bond donors (Lipinski definition) is 0. The summed E-state index contributed by atoms with van der Waals surface area (Å²) in [6.45, 7) is 15.8. The van der Waals surface area contributed by atoms with Crippen LogP contribution in [-0.2, 0) is 9.53 Å². The second-order valence-electron chi connectivity index (χ2n) is 7.61. The molecule has 0 spiro atoms. The van der Waals surface area contributed by atoms with E-state index in [4.69, 9.17) is 19.4 Å². The van der Waals surface area contributed by atoms with Crippen LogP contribution in [0.2, 0.25) is 0 Å². The molecule has 0 heterocycles. The van der Waals surface area contributed by atoms with E-state index in [2.05, 4.69) is 20.8 Å². The Morgan fingerprint density at radius 2 is 1.47 bits per heavy atom. The van der Waals surface area contributed by atoms with Crippen molar-refractivity contribution in [3.05, 3.63) is 29.6 Å². The highest BCUT2D eigenvalue weighted by molar-refractivity contribution is 5.70. The summed E-state index contributed by atoms with van der Waals surface area (Å²) in [5, 5.41) is 8.78. The monoisotopic (exact) mass is 467 g/mol. The van der Waals surface area contributed by atoms with Crippen molar-refractivity contribution in [1.29, 1.82) is 0 Å². The first-order valence-corrected chi connectivity index (χ1v) is 11.1. The van der Waals surface area contributed by atoms with Gasteiger partial charge in [0.15, 0.2) is 11.6 Å². The molecule has 0 atom stereocenters. The van der Waals surface area contributed by atoms with Gasteiger partial charge in [0.2, 0.25) is 0 Å². The quantitative estimate of drug-likeness (QED) is 0.233. The first-order chi connectivity index (χ1) is 15.0. The van der Waals surface area contributed by atoms with Gasteiger partial charge in [0.25, 0.3) is 0 Å². The SMILES string of the molecule is CC[N+](CC)(CC)CCCCOCCCCOc1ccc(C)cc1F.O=C([O-])C(F)(F)F. The zero-order valence-electron chi connectivity index (χ0n) is 19.6. The third kappa shape index (κ3) is 12.9. The molecule has 1 aromatic carbocycles. The second-order valence-corrected chi connectivity index (χ2v) is 7.61. The average Bonchev–Trinajstić information content (AvgIpc) is 2.74. The van der Waals surface area contributed by atoms with Gasteiger partial charge in [-0.1, -0.05) is 6.07 Å². The molecule has 0 saturated heterocycles. The zero-order valence-corrected chi connectivity index (χ0v) is 19.6. The number of ether oxygens (including phenoxy) is 2. The van der Waals surface area contributed by atoms with Crippen LogP contribution in [0.5, 0.6) is 5.75 Å². The third-order valence-electron chi connectivity index (χ3n) is 5.44.